The Morgan fingerprint density at radius 1 is 1.10 bits per heavy atom. The molecular weight excluding hydrogens is 375 g/mol. The summed E-state index contributed by atoms with van der Waals surface area (Å²) in [6.07, 6.45) is 2.60. The average Bonchev–Trinajstić information content (AvgIpc) is 2.73. The number of aryl methyl sites for hydroxylation is 1. The molecule has 1 aliphatic heterocycles. The third-order valence-corrected chi connectivity index (χ3v) is 4.44. The highest BCUT2D eigenvalue weighted by Crippen LogP contribution is 2.48. The summed E-state index contributed by atoms with van der Waals surface area (Å²) >= 11 is 0. The van der Waals surface area contributed by atoms with Gasteiger partial charge in [-0.3, -0.25) is 4.98 Å². The van der Waals surface area contributed by atoms with Crippen molar-refractivity contribution in [2.24, 2.45) is 0 Å². The van der Waals surface area contributed by atoms with Crippen molar-refractivity contribution in [3.63, 3.8) is 0 Å². The van der Waals surface area contributed by atoms with Crippen molar-refractivity contribution in [2.75, 3.05) is 19.8 Å². The maximum absolute atomic E-state index is 14.3. The minimum Gasteiger partial charge on any atom is -0.489 e. The Morgan fingerprint density at radius 2 is 1.93 bits per heavy atom. The Morgan fingerprint density at radius 3 is 2.72 bits per heavy atom. The van der Waals surface area contributed by atoms with E-state index in [0.29, 0.717) is 66.6 Å². The van der Waals surface area contributed by atoms with Crippen LogP contribution in [0.1, 0.15) is 18.4 Å². The van der Waals surface area contributed by atoms with Crippen LogP contribution in [0.5, 0.6) is 28.7 Å². The summed E-state index contributed by atoms with van der Waals surface area (Å²) in [6.45, 7) is 2.94. The summed E-state index contributed by atoms with van der Waals surface area (Å²) in [4.78, 5) is 4.39. The van der Waals surface area contributed by atoms with Crippen LogP contribution in [0.2, 0.25) is 0 Å². The lowest BCUT2D eigenvalue weighted by Gasteiger charge is -2.23. The summed E-state index contributed by atoms with van der Waals surface area (Å²) in [5, 5.41) is 9.27. The van der Waals surface area contributed by atoms with E-state index in [1.807, 2.05) is 6.92 Å². The van der Waals surface area contributed by atoms with Crippen molar-refractivity contribution in [1.29, 1.82) is 5.26 Å². The molecule has 4 rings (SSSR count). The molecule has 7 heteroatoms. The van der Waals surface area contributed by atoms with Crippen LogP contribution < -0.4 is 18.9 Å². The fourth-order valence-corrected chi connectivity index (χ4v) is 3.11. The van der Waals surface area contributed by atoms with E-state index in [0.717, 1.165) is 5.56 Å². The number of benzene rings is 2. The number of hydrogen-bond acceptors (Lipinski definition) is 6. The van der Waals surface area contributed by atoms with Crippen LogP contribution in [0, 0.1) is 24.1 Å². The van der Waals surface area contributed by atoms with Crippen molar-refractivity contribution in [2.45, 2.75) is 19.8 Å². The molecule has 0 radical (unpaired) electrons. The SMILES string of the molecule is Cc1ccc(Oc2ccnc3cc(OCCCC#N)c4c(c23)OCCO4)c(F)c1. The van der Waals surface area contributed by atoms with Crippen molar-refractivity contribution in [3.05, 3.63) is 47.9 Å². The highest BCUT2D eigenvalue weighted by atomic mass is 19.1. The molecule has 0 spiro atoms. The smallest absolute Gasteiger partial charge is 0.204 e. The first-order valence-corrected chi connectivity index (χ1v) is 9.32. The number of nitriles is 1. The Labute approximate surface area is 167 Å². The Balaban J connectivity index is 1.76. The second-order valence-corrected chi connectivity index (χ2v) is 6.58. The number of nitrogens with zero attached hydrogens (tertiary/aromatic N) is 2. The highest BCUT2D eigenvalue weighted by molar-refractivity contribution is 5.95. The largest absolute Gasteiger partial charge is 0.489 e. The molecule has 0 atom stereocenters. The standard InChI is InChI=1S/C22H19FN2O4/c1-14-4-5-17(15(23)12-14)29-18-6-8-25-16-13-19(26-9-3-2-7-24)21-22(20(16)18)28-11-10-27-21/h4-6,8,12-13H,2-3,9-11H2,1H3. The van der Waals surface area contributed by atoms with Crippen LogP contribution in [0.4, 0.5) is 4.39 Å². The molecule has 1 aliphatic rings. The molecule has 29 heavy (non-hydrogen) atoms. The number of ether oxygens (including phenoxy) is 4. The van der Waals surface area contributed by atoms with Crippen LogP contribution in [0.3, 0.4) is 0 Å². The molecule has 0 unspecified atom stereocenters. The quantitative estimate of drug-likeness (QED) is 0.552. The molecule has 0 bridgehead atoms. The van der Waals surface area contributed by atoms with E-state index in [4.69, 9.17) is 24.2 Å². The lowest BCUT2D eigenvalue weighted by molar-refractivity contribution is 0.164. The second kappa shape index (κ2) is 8.23. The number of halogens is 1. The Kier molecular flexibility index (Phi) is 5.34. The molecule has 1 aromatic heterocycles. The number of fused-ring (bicyclic) bond motifs is 3. The lowest BCUT2D eigenvalue weighted by Crippen LogP contribution is -2.17. The van der Waals surface area contributed by atoms with Gasteiger partial charge in [0, 0.05) is 18.7 Å². The minimum atomic E-state index is -0.446. The summed E-state index contributed by atoms with van der Waals surface area (Å²) in [5.41, 5.74) is 1.39. The predicted octanol–water partition coefficient (Wildman–Crippen LogP) is 4.93. The fourth-order valence-electron chi connectivity index (χ4n) is 3.11. The number of unbranched alkanes of at least 4 members (excludes halogenated alkanes) is 1. The molecule has 0 saturated carbocycles. The van der Waals surface area contributed by atoms with Crippen LogP contribution in [0.25, 0.3) is 10.9 Å². The molecule has 0 amide bonds. The monoisotopic (exact) mass is 394 g/mol. The van der Waals surface area contributed by atoms with Gasteiger partial charge in [-0.05, 0) is 37.1 Å². The minimum absolute atomic E-state index is 0.116. The number of hydrogen-bond donors (Lipinski definition) is 0. The zero-order valence-electron chi connectivity index (χ0n) is 15.9. The summed E-state index contributed by atoms with van der Waals surface area (Å²) in [5.74, 6) is 1.50. The van der Waals surface area contributed by atoms with Crippen LogP contribution in [0.15, 0.2) is 36.5 Å². The third-order valence-electron chi connectivity index (χ3n) is 4.44. The molecule has 6 nitrogen and oxygen atoms in total. The lowest BCUT2D eigenvalue weighted by atomic mass is 10.1. The maximum atomic E-state index is 14.3. The van der Waals surface area contributed by atoms with E-state index in [2.05, 4.69) is 11.1 Å². The Hall–Kier alpha value is -3.53. The molecule has 0 aliphatic carbocycles. The van der Waals surface area contributed by atoms with Gasteiger partial charge in [0.2, 0.25) is 5.75 Å². The van der Waals surface area contributed by atoms with E-state index in [9.17, 15) is 4.39 Å². The zero-order valence-corrected chi connectivity index (χ0v) is 15.9. The normalized spacial score (nSPS) is 12.4. The molecule has 2 heterocycles. The van der Waals surface area contributed by atoms with Gasteiger partial charge < -0.3 is 18.9 Å². The molecule has 0 saturated heterocycles. The zero-order chi connectivity index (χ0) is 20.2. The number of aromatic nitrogens is 1. The van der Waals surface area contributed by atoms with E-state index < -0.39 is 5.82 Å². The fraction of sp³-hybridized carbons (Fsp3) is 0.273. The van der Waals surface area contributed by atoms with Gasteiger partial charge in [-0.2, -0.15) is 5.26 Å². The first kappa shape index (κ1) is 18.8. The van der Waals surface area contributed by atoms with Gasteiger partial charge in [0.15, 0.2) is 23.1 Å². The number of pyridine rings is 1. The molecular formula is C22H19FN2O4. The molecule has 148 valence electrons. The maximum Gasteiger partial charge on any atom is 0.204 e. The first-order chi connectivity index (χ1) is 14.2. The van der Waals surface area contributed by atoms with Gasteiger partial charge >= 0.3 is 0 Å². The molecule has 2 aromatic carbocycles. The van der Waals surface area contributed by atoms with E-state index in [1.54, 1.807) is 30.5 Å². The summed E-state index contributed by atoms with van der Waals surface area (Å²) in [7, 11) is 0. The van der Waals surface area contributed by atoms with Crippen molar-refractivity contribution >= 4 is 10.9 Å². The number of rotatable bonds is 6. The van der Waals surface area contributed by atoms with E-state index >= 15 is 0 Å². The summed E-state index contributed by atoms with van der Waals surface area (Å²) in [6, 6.07) is 10.3. The molecule has 0 fully saturated rings. The van der Waals surface area contributed by atoms with Gasteiger partial charge in [0.1, 0.15) is 19.0 Å². The van der Waals surface area contributed by atoms with E-state index in [1.165, 1.54) is 6.07 Å². The van der Waals surface area contributed by atoms with Gasteiger partial charge in [-0.25, -0.2) is 4.39 Å². The van der Waals surface area contributed by atoms with Gasteiger partial charge in [-0.1, -0.05) is 6.07 Å². The van der Waals surface area contributed by atoms with Crippen molar-refractivity contribution in [3.8, 4) is 34.8 Å². The molecule has 0 N–H and O–H groups in total. The van der Waals surface area contributed by atoms with Crippen molar-refractivity contribution in [1.82, 2.24) is 4.98 Å². The first-order valence-electron chi connectivity index (χ1n) is 9.32. The van der Waals surface area contributed by atoms with Gasteiger partial charge in [0.25, 0.3) is 0 Å². The predicted molar refractivity (Wildman–Crippen MR) is 104 cm³/mol. The average molecular weight is 394 g/mol. The Bertz CT molecular complexity index is 1090. The van der Waals surface area contributed by atoms with Crippen LogP contribution in [-0.2, 0) is 0 Å². The third kappa shape index (κ3) is 3.87. The highest BCUT2D eigenvalue weighted by Gasteiger charge is 2.24. The van der Waals surface area contributed by atoms with Crippen molar-refractivity contribution < 1.29 is 23.3 Å². The molecule has 3 aromatic rings. The van der Waals surface area contributed by atoms with E-state index in [-0.39, 0.29) is 5.75 Å². The summed E-state index contributed by atoms with van der Waals surface area (Å²) < 4.78 is 37.6. The van der Waals surface area contributed by atoms with Crippen LogP contribution >= 0.6 is 0 Å². The second-order valence-electron chi connectivity index (χ2n) is 6.58. The topological polar surface area (TPSA) is 73.6 Å². The van der Waals surface area contributed by atoms with Gasteiger partial charge in [-0.15, -0.1) is 0 Å². The van der Waals surface area contributed by atoms with Gasteiger partial charge in [0.05, 0.1) is 23.6 Å². The van der Waals surface area contributed by atoms with Crippen LogP contribution in [-0.4, -0.2) is 24.8 Å².